The van der Waals surface area contributed by atoms with Gasteiger partial charge in [-0.1, -0.05) is 65.9 Å². The van der Waals surface area contributed by atoms with E-state index in [1.165, 1.54) is 22.3 Å². The lowest BCUT2D eigenvalue weighted by atomic mass is 9.95. The third-order valence-electron chi connectivity index (χ3n) is 6.16. The minimum atomic E-state index is -0.835. The molecule has 0 fully saturated rings. The highest BCUT2D eigenvalue weighted by molar-refractivity contribution is 7.22. The Kier molecular flexibility index (Phi) is 6.16. The van der Waals surface area contributed by atoms with Gasteiger partial charge in [0.1, 0.15) is 5.75 Å². The van der Waals surface area contributed by atoms with Crippen molar-refractivity contribution in [2.75, 3.05) is 12.0 Å². The number of aliphatic hydroxyl groups is 1. The summed E-state index contributed by atoms with van der Waals surface area (Å²) in [6.45, 7) is 3.99. The number of aromatic nitrogens is 1. The van der Waals surface area contributed by atoms with Crippen LogP contribution in [-0.2, 0) is 9.59 Å². The molecule has 0 spiro atoms. The van der Waals surface area contributed by atoms with Gasteiger partial charge in [-0.15, -0.1) is 0 Å². The number of benzene rings is 3. The van der Waals surface area contributed by atoms with E-state index in [2.05, 4.69) is 0 Å². The molecule has 3 aromatic carbocycles. The molecule has 0 aliphatic carbocycles. The summed E-state index contributed by atoms with van der Waals surface area (Å²) in [5.41, 5.74) is 4.41. The highest BCUT2D eigenvalue weighted by Crippen LogP contribution is 2.44. The van der Waals surface area contributed by atoms with Crippen molar-refractivity contribution in [3.8, 4) is 5.75 Å². The number of rotatable bonds is 6. The highest BCUT2D eigenvalue weighted by Gasteiger charge is 2.45. The quantitative estimate of drug-likeness (QED) is 0.326. The van der Waals surface area contributed by atoms with E-state index in [4.69, 9.17) is 9.72 Å². The molecule has 36 heavy (non-hydrogen) atoms. The number of nitrogens with zero attached hydrogens (tertiary/aromatic N) is 2. The molecule has 4 aromatic rings. The highest BCUT2D eigenvalue weighted by atomic mass is 32.1. The van der Waals surface area contributed by atoms with Crippen LogP contribution in [0.1, 0.15) is 28.3 Å². The summed E-state index contributed by atoms with van der Waals surface area (Å²) in [6, 6.07) is 19.7. The summed E-state index contributed by atoms with van der Waals surface area (Å²) in [7, 11) is 1.57. The van der Waals surface area contributed by atoms with Crippen LogP contribution in [0.3, 0.4) is 0 Å². The lowest BCUT2D eigenvalue weighted by Gasteiger charge is -2.24. The minimum absolute atomic E-state index is 0.0181. The normalized spacial score (nSPS) is 15.9. The van der Waals surface area contributed by atoms with Gasteiger partial charge in [-0.25, -0.2) is 4.98 Å². The Morgan fingerprint density at radius 3 is 2.50 bits per heavy atom. The van der Waals surface area contributed by atoms with E-state index in [0.717, 1.165) is 26.9 Å². The molecule has 0 saturated carbocycles. The Morgan fingerprint density at radius 2 is 1.81 bits per heavy atom. The molecule has 1 N–H and O–H groups in total. The molecule has 7 heteroatoms. The van der Waals surface area contributed by atoms with Crippen LogP contribution >= 0.6 is 11.3 Å². The van der Waals surface area contributed by atoms with Crippen molar-refractivity contribution >= 4 is 44.5 Å². The number of hydrogen-bond acceptors (Lipinski definition) is 6. The number of hydrogen-bond donors (Lipinski definition) is 1. The second-order valence-electron chi connectivity index (χ2n) is 8.65. The maximum absolute atomic E-state index is 13.4. The van der Waals surface area contributed by atoms with Gasteiger partial charge in [-0.3, -0.25) is 14.5 Å². The fraction of sp³-hybridized carbons (Fsp3) is 0.138. The largest absolute Gasteiger partial charge is 0.503 e. The number of aliphatic hydroxyl groups excluding tert-OH is 1. The van der Waals surface area contributed by atoms with Crippen molar-refractivity contribution in [3.63, 3.8) is 0 Å². The molecule has 1 amide bonds. The van der Waals surface area contributed by atoms with Crippen LogP contribution in [0.4, 0.5) is 5.13 Å². The maximum atomic E-state index is 13.4. The number of carbonyl (C=O) groups is 2. The third kappa shape index (κ3) is 4.18. The van der Waals surface area contributed by atoms with Crippen LogP contribution < -0.4 is 9.64 Å². The van der Waals surface area contributed by atoms with Gasteiger partial charge in [0, 0.05) is 0 Å². The van der Waals surface area contributed by atoms with E-state index >= 15 is 0 Å². The number of fused-ring (bicyclic) bond motifs is 1. The number of ether oxygens (including phenoxy) is 1. The zero-order valence-electron chi connectivity index (χ0n) is 20.1. The summed E-state index contributed by atoms with van der Waals surface area (Å²) in [4.78, 5) is 33.0. The molecular formula is C29H24N2O4S. The van der Waals surface area contributed by atoms with Crippen LogP contribution in [0.25, 0.3) is 16.3 Å². The second-order valence-corrected chi connectivity index (χ2v) is 9.66. The van der Waals surface area contributed by atoms with Crippen LogP contribution in [-0.4, -0.2) is 28.9 Å². The van der Waals surface area contributed by atoms with E-state index in [-0.39, 0.29) is 5.57 Å². The fourth-order valence-electron chi connectivity index (χ4n) is 4.44. The lowest BCUT2D eigenvalue weighted by molar-refractivity contribution is -0.117. The van der Waals surface area contributed by atoms with Crippen molar-refractivity contribution in [1.82, 2.24) is 4.98 Å². The van der Waals surface area contributed by atoms with Crippen molar-refractivity contribution in [1.29, 1.82) is 0 Å². The topological polar surface area (TPSA) is 79.7 Å². The first-order chi connectivity index (χ1) is 17.4. The Balaban J connectivity index is 1.62. The monoisotopic (exact) mass is 496 g/mol. The first-order valence-corrected chi connectivity index (χ1v) is 12.2. The first-order valence-electron chi connectivity index (χ1n) is 11.4. The van der Waals surface area contributed by atoms with Gasteiger partial charge in [0.25, 0.3) is 5.91 Å². The average Bonchev–Trinajstić information content (AvgIpc) is 3.42. The van der Waals surface area contributed by atoms with Crippen LogP contribution in [0.2, 0.25) is 0 Å². The molecule has 0 saturated heterocycles. The molecule has 6 nitrogen and oxygen atoms in total. The van der Waals surface area contributed by atoms with Crippen LogP contribution in [0.5, 0.6) is 5.75 Å². The van der Waals surface area contributed by atoms with Gasteiger partial charge in [-0.2, -0.15) is 0 Å². The number of carbonyl (C=O) groups excluding carboxylic acids is 2. The van der Waals surface area contributed by atoms with Gasteiger partial charge in [-0.05, 0) is 60.4 Å². The molecule has 1 atom stereocenters. The molecule has 2 heterocycles. The van der Waals surface area contributed by atoms with E-state index < -0.39 is 23.5 Å². The van der Waals surface area contributed by atoms with Crippen LogP contribution in [0.15, 0.2) is 84.1 Å². The molecule has 1 unspecified atom stereocenters. The second kappa shape index (κ2) is 9.43. The summed E-state index contributed by atoms with van der Waals surface area (Å²) >= 11 is 1.36. The Bertz CT molecular complexity index is 1540. The molecule has 1 aromatic heterocycles. The zero-order valence-corrected chi connectivity index (χ0v) is 20.9. The number of ketones is 1. The summed E-state index contributed by atoms with van der Waals surface area (Å²) in [6.07, 6.45) is 3.06. The number of allylic oxidation sites excluding steroid dienone is 1. The van der Waals surface area contributed by atoms with E-state index in [0.29, 0.717) is 16.4 Å². The number of methoxy groups -OCH3 is 1. The smallest absolute Gasteiger partial charge is 0.296 e. The predicted molar refractivity (Wildman–Crippen MR) is 142 cm³/mol. The number of anilines is 1. The molecule has 180 valence electrons. The summed E-state index contributed by atoms with van der Waals surface area (Å²) < 4.78 is 6.22. The van der Waals surface area contributed by atoms with E-state index in [9.17, 15) is 14.7 Å². The lowest BCUT2D eigenvalue weighted by Crippen LogP contribution is -2.30. The summed E-state index contributed by atoms with van der Waals surface area (Å²) in [5.74, 6) is -1.02. The van der Waals surface area contributed by atoms with Crippen molar-refractivity contribution < 1.29 is 19.4 Å². The van der Waals surface area contributed by atoms with Gasteiger partial charge in [0.05, 0.1) is 28.9 Å². The predicted octanol–water partition coefficient (Wildman–Crippen LogP) is 6.10. The SMILES string of the molecule is COc1ccc(C2C(C(=O)C=Cc3ccccc3)=C(O)C(=O)N2c2nc3c(C)cc(C)cc3s2)cc1. The first kappa shape index (κ1) is 23.5. The van der Waals surface area contributed by atoms with E-state index in [1.807, 2.05) is 56.3 Å². The molecule has 1 aliphatic rings. The van der Waals surface area contributed by atoms with Crippen molar-refractivity contribution in [2.24, 2.45) is 0 Å². The number of amides is 1. The van der Waals surface area contributed by atoms with Gasteiger partial charge < -0.3 is 9.84 Å². The molecular weight excluding hydrogens is 472 g/mol. The molecule has 5 rings (SSSR count). The van der Waals surface area contributed by atoms with Crippen LogP contribution in [0, 0.1) is 13.8 Å². The fourth-order valence-corrected chi connectivity index (χ4v) is 5.61. The van der Waals surface area contributed by atoms with Crippen molar-refractivity contribution in [2.45, 2.75) is 19.9 Å². The number of thiazole rings is 1. The average molecular weight is 497 g/mol. The van der Waals surface area contributed by atoms with Crippen molar-refractivity contribution in [3.05, 3.63) is 106 Å². The van der Waals surface area contributed by atoms with E-state index in [1.54, 1.807) is 37.5 Å². The zero-order chi connectivity index (χ0) is 25.4. The Morgan fingerprint density at radius 1 is 1.08 bits per heavy atom. The van der Waals surface area contributed by atoms with Gasteiger partial charge in [0.15, 0.2) is 16.7 Å². The minimum Gasteiger partial charge on any atom is -0.503 e. The van der Waals surface area contributed by atoms with Gasteiger partial charge in [0.2, 0.25) is 0 Å². The third-order valence-corrected chi connectivity index (χ3v) is 7.16. The molecule has 0 radical (unpaired) electrons. The maximum Gasteiger partial charge on any atom is 0.296 e. The molecule has 0 bridgehead atoms. The van der Waals surface area contributed by atoms with Gasteiger partial charge >= 0.3 is 0 Å². The Hall–Kier alpha value is -4.23. The standard InChI is InChI=1S/C29H24N2O4S/c1-17-15-18(2)25-23(16-17)36-29(30-25)31-26(20-10-12-21(35-3)13-11-20)24(27(33)28(31)34)22(32)14-9-19-7-5-4-6-8-19/h4-16,26,33H,1-3H3. The number of aryl methyl sites for hydroxylation is 2. The summed E-state index contributed by atoms with van der Waals surface area (Å²) in [5, 5.41) is 11.4. The Labute approximate surface area is 212 Å². The molecule has 1 aliphatic heterocycles.